The summed E-state index contributed by atoms with van der Waals surface area (Å²) in [6.45, 7) is 8.15. The van der Waals surface area contributed by atoms with Gasteiger partial charge >= 0.3 is 0 Å². The molecule has 0 fully saturated rings. The van der Waals surface area contributed by atoms with E-state index in [-0.39, 0.29) is 6.04 Å². The Labute approximate surface area is 69.0 Å². The van der Waals surface area contributed by atoms with Crippen molar-refractivity contribution in [2.75, 3.05) is 0 Å². The summed E-state index contributed by atoms with van der Waals surface area (Å²) < 4.78 is 0. The predicted molar refractivity (Wildman–Crippen MR) is 49.3 cm³/mol. The molecular weight excluding hydrogens is 134 g/mol. The maximum Gasteiger partial charge on any atom is 0.0256 e. The monoisotopic (exact) mass is 151 g/mol. The fourth-order valence-electron chi connectivity index (χ4n) is 1.47. The highest BCUT2D eigenvalue weighted by Gasteiger charge is 2.18. The average Bonchev–Trinajstić information content (AvgIpc) is 1.94. The topological polar surface area (TPSA) is 26.0 Å². The molecule has 0 heterocycles. The van der Waals surface area contributed by atoms with Crippen molar-refractivity contribution >= 4 is 0 Å². The van der Waals surface area contributed by atoms with Gasteiger partial charge in [0.25, 0.3) is 0 Å². The van der Waals surface area contributed by atoms with E-state index < -0.39 is 0 Å². The second-order valence-electron chi connectivity index (χ2n) is 3.57. The number of hydrogen-bond acceptors (Lipinski definition) is 1. The number of hydrogen-bond donors (Lipinski definition) is 1. The summed E-state index contributed by atoms with van der Waals surface area (Å²) in [5.74, 6) is 0.619. The molecule has 0 aromatic heterocycles. The second-order valence-corrected chi connectivity index (χ2v) is 3.57. The molecule has 1 heteroatoms. The molecule has 62 valence electrons. The predicted octanol–water partition coefficient (Wildman–Crippen LogP) is 2.25. The van der Waals surface area contributed by atoms with Crippen LogP contribution in [0.5, 0.6) is 0 Å². The summed E-state index contributed by atoms with van der Waals surface area (Å²) in [6, 6.07) is 0.269. The lowest BCUT2D eigenvalue weighted by Gasteiger charge is -2.25. The van der Waals surface area contributed by atoms with Crippen LogP contribution in [0.3, 0.4) is 0 Å². The second kappa shape index (κ2) is 3.22. The lowest BCUT2D eigenvalue weighted by molar-refractivity contribution is 0.493. The van der Waals surface area contributed by atoms with E-state index in [0.29, 0.717) is 5.92 Å². The molecule has 11 heavy (non-hydrogen) atoms. The molecule has 0 saturated heterocycles. The Hall–Kier alpha value is -0.560. The van der Waals surface area contributed by atoms with Gasteiger partial charge in [0.05, 0.1) is 0 Å². The van der Waals surface area contributed by atoms with Gasteiger partial charge in [-0.05, 0) is 32.6 Å². The average molecular weight is 151 g/mol. The first kappa shape index (κ1) is 8.54. The molecule has 1 nitrogen and oxygen atoms in total. The molecule has 1 rings (SSSR count). The Morgan fingerprint density at radius 2 is 2.36 bits per heavy atom. The zero-order chi connectivity index (χ0) is 8.43. The minimum absolute atomic E-state index is 0.269. The van der Waals surface area contributed by atoms with Crippen molar-refractivity contribution in [3.05, 3.63) is 23.8 Å². The van der Waals surface area contributed by atoms with E-state index in [1.165, 1.54) is 11.1 Å². The molecule has 0 spiro atoms. The van der Waals surface area contributed by atoms with Crippen molar-refractivity contribution in [2.45, 2.75) is 32.7 Å². The zero-order valence-electron chi connectivity index (χ0n) is 7.43. The number of rotatable bonds is 1. The molecule has 0 bridgehead atoms. The van der Waals surface area contributed by atoms with E-state index in [2.05, 4.69) is 26.5 Å². The molecule has 2 atom stereocenters. The van der Waals surface area contributed by atoms with Crippen LogP contribution >= 0.6 is 0 Å². The van der Waals surface area contributed by atoms with E-state index in [0.717, 1.165) is 12.8 Å². The summed E-state index contributed by atoms with van der Waals surface area (Å²) in [5.41, 5.74) is 8.50. The van der Waals surface area contributed by atoms with Gasteiger partial charge in [-0.3, -0.25) is 0 Å². The standard InChI is InChI=1S/C10H17N/c1-7(2)9-5-4-8(3)10(11)6-9/h4,9-10H,1,5-6,11H2,2-3H3/t9-,10-/m0/s1. The van der Waals surface area contributed by atoms with Crippen molar-refractivity contribution in [1.82, 2.24) is 0 Å². The quantitative estimate of drug-likeness (QED) is 0.571. The van der Waals surface area contributed by atoms with Crippen LogP contribution < -0.4 is 5.73 Å². The van der Waals surface area contributed by atoms with Gasteiger partial charge in [-0.25, -0.2) is 0 Å². The van der Waals surface area contributed by atoms with Gasteiger partial charge in [0, 0.05) is 6.04 Å². The van der Waals surface area contributed by atoms with Gasteiger partial charge in [0.1, 0.15) is 0 Å². The summed E-state index contributed by atoms with van der Waals surface area (Å²) in [7, 11) is 0. The van der Waals surface area contributed by atoms with Gasteiger partial charge in [-0.15, -0.1) is 0 Å². The summed E-state index contributed by atoms with van der Waals surface area (Å²) in [5, 5.41) is 0. The molecule has 0 aliphatic heterocycles. The molecule has 1 aliphatic carbocycles. The maximum absolute atomic E-state index is 5.90. The van der Waals surface area contributed by atoms with Gasteiger partial charge in [-0.1, -0.05) is 23.8 Å². The third-order valence-corrected chi connectivity index (χ3v) is 2.54. The highest BCUT2D eigenvalue weighted by molar-refractivity contribution is 5.15. The first-order chi connectivity index (χ1) is 5.11. The largest absolute Gasteiger partial charge is 0.324 e. The van der Waals surface area contributed by atoms with E-state index in [9.17, 15) is 0 Å². The van der Waals surface area contributed by atoms with Crippen molar-refractivity contribution in [2.24, 2.45) is 11.7 Å². The third kappa shape index (κ3) is 1.93. The van der Waals surface area contributed by atoms with E-state index >= 15 is 0 Å². The fraction of sp³-hybridized carbons (Fsp3) is 0.600. The van der Waals surface area contributed by atoms with Crippen LogP contribution in [-0.2, 0) is 0 Å². The summed E-state index contributed by atoms with van der Waals surface area (Å²) >= 11 is 0. The van der Waals surface area contributed by atoms with Crippen molar-refractivity contribution in [1.29, 1.82) is 0 Å². The maximum atomic E-state index is 5.90. The molecule has 0 aromatic carbocycles. The number of allylic oxidation sites excluding steroid dienone is 2. The molecule has 0 amide bonds. The highest BCUT2D eigenvalue weighted by atomic mass is 14.6. The van der Waals surface area contributed by atoms with Crippen LogP contribution in [-0.4, -0.2) is 6.04 Å². The first-order valence-electron chi connectivity index (χ1n) is 4.19. The molecule has 0 aromatic rings. The van der Waals surface area contributed by atoms with Crippen LogP contribution in [0.15, 0.2) is 23.8 Å². The van der Waals surface area contributed by atoms with Crippen molar-refractivity contribution in [3.63, 3.8) is 0 Å². The lowest BCUT2D eigenvalue weighted by Crippen LogP contribution is -2.28. The Morgan fingerprint density at radius 1 is 1.73 bits per heavy atom. The molecule has 0 radical (unpaired) electrons. The zero-order valence-corrected chi connectivity index (χ0v) is 7.43. The Kier molecular flexibility index (Phi) is 2.50. The lowest BCUT2D eigenvalue weighted by atomic mass is 9.83. The van der Waals surface area contributed by atoms with E-state index in [1.807, 2.05) is 0 Å². The van der Waals surface area contributed by atoms with Gasteiger partial charge < -0.3 is 5.73 Å². The first-order valence-corrected chi connectivity index (χ1v) is 4.19. The van der Waals surface area contributed by atoms with Crippen molar-refractivity contribution in [3.8, 4) is 0 Å². The fourth-order valence-corrected chi connectivity index (χ4v) is 1.47. The summed E-state index contributed by atoms with van der Waals surface area (Å²) in [4.78, 5) is 0. The molecule has 0 unspecified atom stereocenters. The van der Waals surface area contributed by atoms with E-state index in [1.54, 1.807) is 0 Å². The van der Waals surface area contributed by atoms with Gasteiger partial charge in [0.15, 0.2) is 0 Å². The minimum atomic E-state index is 0.269. The highest BCUT2D eigenvalue weighted by Crippen LogP contribution is 2.26. The minimum Gasteiger partial charge on any atom is -0.324 e. The van der Waals surface area contributed by atoms with Crippen LogP contribution in [0.1, 0.15) is 26.7 Å². The van der Waals surface area contributed by atoms with Crippen molar-refractivity contribution < 1.29 is 0 Å². The smallest absolute Gasteiger partial charge is 0.0256 e. The SMILES string of the molecule is C=C(C)[C@H]1CC=C(C)[C@@H](N)C1. The molecular formula is C10H17N. The summed E-state index contributed by atoms with van der Waals surface area (Å²) in [6.07, 6.45) is 4.46. The Balaban J connectivity index is 2.62. The van der Waals surface area contributed by atoms with Crippen LogP contribution in [0.4, 0.5) is 0 Å². The molecule has 1 aliphatic rings. The number of nitrogens with two attached hydrogens (primary N) is 1. The Bertz CT molecular complexity index is 191. The molecule has 0 saturated carbocycles. The Morgan fingerprint density at radius 3 is 2.82 bits per heavy atom. The van der Waals surface area contributed by atoms with Crippen LogP contribution in [0, 0.1) is 5.92 Å². The van der Waals surface area contributed by atoms with Crippen LogP contribution in [0.2, 0.25) is 0 Å². The van der Waals surface area contributed by atoms with Gasteiger partial charge in [-0.2, -0.15) is 0 Å². The third-order valence-electron chi connectivity index (χ3n) is 2.54. The van der Waals surface area contributed by atoms with Crippen LogP contribution in [0.25, 0.3) is 0 Å². The van der Waals surface area contributed by atoms with Gasteiger partial charge in [0.2, 0.25) is 0 Å². The normalized spacial score (nSPS) is 31.4. The van der Waals surface area contributed by atoms with E-state index in [4.69, 9.17) is 5.73 Å². The molecule has 2 N–H and O–H groups in total.